The van der Waals surface area contributed by atoms with Gasteiger partial charge in [-0.3, -0.25) is 14.4 Å². The molecule has 1 heterocycles. The number of nitrogens with one attached hydrogen (secondary N) is 2. The molecule has 0 spiro atoms. The molecule has 6 N–H and O–H groups in total. The molecule has 1 aliphatic carbocycles. The molecule has 0 radical (unpaired) electrons. The highest BCUT2D eigenvalue weighted by molar-refractivity contribution is 5.92. The van der Waals surface area contributed by atoms with E-state index in [2.05, 4.69) is 20.9 Å². The maximum Gasteiger partial charge on any atom is 0.273 e. The van der Waals surface area contributed by atoms with E-state index in [1.165, 1.54) is 10.9 Å². The Hall–Kier alpha value is -2.49. The molecule has 1 aromatic heterocycles. The minimum absolute atomic E-state index is 0.0291. The van der Waals surface area contributed by atoms with Crippen molar-refractivity contribution in [2.45, 2.75) is 50.7 Å². The minimum atomic E-state index is -0.554. The maximum absolute atomic E-state index is 12.1. The normalized spacial score (nSPS) is 20.4. The van der Waals surface area contributed by atoms with Crippen molar-refractivity contribution in [3.8, 4) is 0 Å². The third-order valence-corrected chi connectivity index (χ3v) is 3.89. The summed E-state index contributed by atoms with van der Waals surface area (Å²) in [5.41, 5.74) is 10.6. The van der Waals surface area contributed by atoms with Gasteiger partial charge in [0.1, 0.15) is 6.54 Å². The van der Waals surface area contributed by atoms with E-state index >= 15 is 0 Å². The number of rotatable bonds is 7. The first kappa shape index (κ1) is 17.9. The molecule has 1 aliphatic rings. The first-order chi connectivity index (χ1) is 11.5. The Bertz CT molecular complexity index is 593. The smallest absolute Gasteiger partial charge is 0.273 e. The van der Waals surface area contributed by atoms with Gasteiger partial charge in [-0.1, -0.05) is 5.21 Å². The summed E-state index contributed by atoms with van der Waals surface area (Å²) < 4.78 is 1.22. The number of carbonyl (C=O) groups is 3. The van der Waals surface area contributed by atoms with Crippen molar-refractivity contribution in [2.75, 3.05) is 6.54 Å². The van der Waals surface area contributed by atoms with Crippen molar-refractivity contribution in [2.24, 2.45) is 11.5 Å². The zero-order valence-corrected chi connectivity index (χ0v) is 13.4. The Morgan fingerprint density at radius 3 is 2.38 bits per heavy atom. The van der Waals surface area contributed by atoms with Crippen molar-refractivity contribution < 1.29 is 14.4 Å². The summed E-state index contributed by atoms with van der Waals surface area (Å²) in [4.78, 5) is 34.5. The van der Waals surface area contributed by atoms with Crippen molar-refractivity contribution in [3.63, 3.8) is 0 Å². The second-order valence-electron chi connectivity index (χ2n) is 5.90. The number of nitrogens with two attached hydrogens (primary N) is 2. The zero-order valence-electron chi connectivity index (χ0n) is 13.4. The molecule has 24 heavy (non-hydrogen) atoms. The molecule has 0 unspecified atom stereocenters. The lowest BCUT2D eigenvalue weighted by atomic mass is 9.91. The van der Waals surface area contributed by atoms with Gasteiger partial charge in [0.2, 0.25) is 11.8 Å². The summed E-state index contributed by atoms with van der Waals surface area (Å²) >= 11 is 0. The lowest BCUT2D eigenvalue weighted by Crippen LogP contribution is -2.44. The van der Waals surface area contributed by atoms with E-state index in [0.717, 1.165) is 25.7 Å². The van der Waals surface area contributed by atoms with Crippen LogP contribution >= 0.6 is 0 Å². The molecule has 0 aromatic carbocycles. The van der Waals surface area contributed by atoms with E-state index in [1.807, 2.05) is 0 Å². The van der Waals surface area contributed by atoms with Crippen LogP contribution in [0.25, 0.3) is 0 Å². The fourth-order valence-corrected chi connectivity index (χ4v) is 2.71. The largest absolute Gasteiger partial charge is 0.368 e. The standard InChI is InChI=1S/C14H23N7O3/c15-6-5-13(23)17-9-1-3-10(4-2-9)18-14(24)11-7-21(20-19-11)8-12(16)22/h7,9-10H,1-6,8,15H2,(H2,16,22)(H,17,23)(H,18,24). The summed E-state index contributed by atoms with van der Waals surface area (Å²) in [5, 5.41) is 13.3. The zero-order chi connectivity index (χ0) is 17.5. The third kappa shape index (κ3) is 5.30. The molecule has 1 saturated carbocycles. The predicted octanol–water partition coefficient (Wildman–Crippen LogP) is -1.73. The lowest BCUT2D eigenvalue weighted by molar-refractivity contribution is -0.122. The third-order valence-electron chi connectivity index (χ3n) is 3.89. The number of nitrogens with zero attached hydrogens (tertiary/aromatic N) is 3. The summed E-state index contributed by atoms with van der Waals surface area (Å²) in [7, 11) is 0. The van der Waals surface area contributed by atoms with Crippen molar-refractivity contribution in [1.29, 1.82) is 0 Å². The SMILES string of the molecule is NCCC(=O)NC1CCC(NC(=O)c2cn(CC(N)=O)nn2)CC1. The molecule has 1 aromatic rings. The molecule has 0 aliphatic heterocycles. The van der Waals surface area contributed by atoms with Gasteiger partial charge in [-0.2, -0.15) is 0 Å². The van der Waals surface area contributed by atoms with Crippen LogP contribution in [0.15, 0.2) is 6.20 Å². The molecule has 2 rings (SSSR count). The first-order valence-electron chi connectivity index (χ1n) is 7.96. The average Bonchev–Trinajstić information content (AvgIpc) is 2.97. The minimum Gasteiger partial charge on any atom is -0.368 e. The Morgan fingerprint density at radius 1 is 1.17 bits per heavy atom. The van der Waals surface area contributed by atoms with E-state index in [9.17, 15) is 14.4 Å². The summed E-state index contributed by atoms with van der Waals surface area (Å²) in [6, 6.07) is 0.162. The molecule has 132 valence electrons. The van der Waals surface area contributed by atoms with E-state index in [0.29, 0.717) is 13.0 Å². The summed E-state index contributed by atoms with van der Waals surface area (Å²) in [6.45, 7) is 0.224. The van der Waals surface area contributed by atoms with E-state index in [1.54, 1.807) is 0 Å². The van der Waals surface area contributed by atoms with Crippen molar-refractivity contribution >= 4 is 17.7 Å². The Morgan fingerprint density at radius 2 is 1.79 bits per heavy atom. The number of hydrogen-bond donors (Lipinski definition) is 4. The predicted molar refractivity (Wildman–Crippen MR) is 84.5 cm³/mol. The molecule has 10 heteroatoms. The second kappa shape index (κ2) is 8.39. The van der Waals surface area contributed by atoms with Crippen molar-refractivity contribution in [1.82, 2.24) is 25.6 Å². The van der Waals surface area contributed by atoms with Gasteiger partial charge in [0, 0.05) is 25.0 Å². The molecular weight excluding hydrogens is 314 g/mol. The van der Waals surface area contributed by atoms with Crippen LogP contribution in [0.2, 0.25) is 0 Å². The van der Waals surface area contributed by atoms with E-state index in [4.69, 9.17) is 11.5 Å². The van der Waals surface area contributed by atoms with Gasteiger partial charge in [-0.15, -0.1) is 5.10 Å². The highest BCUT2D eigenvalue weighted by atomic mass is 16.2. The van der Waals surface area contributed by atoms with Gasteiger partial charge in [0.25, 0.3) is 5.91 Å². The van der Waals surface area contributed by atoms with Crippen LogP contribution in [0.3, 0.4) is 0 Å². The van der Waals surface area contributed by atoms with Crippen molar-refractivity contribution in [3.05, 3.63) is 11.9 Å². The number of amides is 3. The van der Waals surface area contributed by atoms with Crippen LogP contribution < -0.4 is 22.1 Å². The average molecular weight is 337 g/mol. The fraction of sp³-hybridized carbons (Fsp3) is 0.643. The topological polar surface area (TPSA) is 158 Å². The van der Waals surface area contributed by atoms with Gasteiger partial charge in [0.15, 0.2) is 5.69 Å². The molecule has 1 fully saturated rings. The Labute approximate surface area is 139 Å². The van der Waals surface area contributed by atoms with Crippen LogP contribution in [0.4, 0.5) is 0 Å². The molecule has 0 saturated heterocycles. The lowest BCUT2D eigenvalue weighted by Gasteiger charge is -2.29. The number of hydrogen-bond acceptors (Lipinski definition) is 6. The number of carbonyl (C=O) groups excluding carboxylic acids is 3. The van der Waals surface area contributed by atoms with Crippen LogP contribution in [0.5, 0.6) is 0 Å². The van der Waals surface area contributed by atoms with Crippen LogP contribution in [-0.4, -0.2) is 51.3 Å². The Balaban J connectivity index is 1.77. The Kier molecular flexibility index (Phi) is 6.24. The quantitative estimate of drug-likeness (QED) is 0.463. The van der Waals surface area contributed by atoms with Gasteiger partial charge >= 0.3 is 0 Å². The molecule has 3 amide bonds. The molecule has 10 nitrogen and oxygen atoms in total. The number of primary amides is 1. The monoisotopic (exact) mass is 337 g/mol. The maximum atomic E-state index is 12.1. The van der Waals surface area contributed by atoms with Crippen LogP contribution in [0, 0.1) is 0 Å². The van der Waals surface area contributed by atoms with Gasteiger partial charge in [-0.05, 0) is 25.7 Å². The van der Waals surface area contributed by atoms with Gasteiger partial charge in [0.05, 0.1) is 6.20 Å². The molecule has 0 bridgehead atoms. The van der Waals surface area contributed by atoms with Crippen LogP contribution in [0.1, 0.15) is 42.6 Å². The highest BCUT2D eigenvalue weighted by Gasteiger charge is 2.24. The number of aromatic nitrogens is 3. The van der Waals surface area contributed by atoms with Crippen LogP contribution in [-0.2, 0) is 16.1 Å². The first-order valence-corrected chi connectivity index (χ1v) is 7.96. The highest BCUT2D eigenvalue weighted by Crippen LogP contribution is 2.19. The fourth-order valence-electron chi connectivity index (χ4n) is 2.71. The van der Waals surface area contributed by atoms with E-state index in [-0.39, 0.29) is 36.1 Å². The summed E-state index contributed by atoms with van der Waals surface area (Å²) in [5.74, 6) is -0.917. The molecule has 0 atom stereocenters. The van der Waals surface area contributed by atoms with E-state index < -0.39 is 5.91 Å². The van der Waals surface area contributed by atoms with Gasteiger partial charge in [-0.25, -0.2) is 4.68 Å². The second-order valence-corrected chi connectivity index (χ2v) is 5.90. The molecular formula is C14H23N7O3. The van der Waals surface area contributed by atoms with Gasteiger partial charge < -0.3 is 22.1 Å². The summed E-state index contributed by atoms with van der Waals surface area (Å²) in [6.07, 6.45) is 4.87.